The van der Waals surface area contributed by atoms with Crippen LogP contribution in [0.1, 0.15) is 17.5 Å². The lowest BCUT2D eigenvalue weighted by Crippen LogP contribution is -2.50. The number of pyridine rings is 2. The quantitative estimate of drug-likeness (QED) is 0.804. The molecule has 2 aromatic rings. The van der Waals surface area contributed by atoms with Gasteiger partial charge in [-0.2, -0.15) is 5.26 Å². The van der Waals surface area contributed by atoms with Gasteiger partial charge in [0.15, 0.2) is 0 Å². The van der Waals surface area contributed by atoms with E-state index >= 15 is 0 Å². The lowest BCUT2D eigenvalue weighted by atomic mass is 10.0. The summed E-state index contributed by atoms with van der Waals surface area (Å²) in [6.07, 6.45) is 2.40. The van der Waals surface area contributed by atoms with Crippen LogP contribution in [0.4, 0.5) is 0 Å². The molecule has 25 heavy (non-hydrogen) atoms. The lowest BCUT2D eigenvalue weighted by molar-refractivity contribution is 0.0542. The number of aryl methyl sites for hydroxylation is 1. The molecule has 134 valence electrons. The van der Waals surface area contributed by atoms with Crippen LogP contribution in [0.5, 0.6) is 0 Å². The van der Waals surface area contributed by atoms with Crippen LogP contribution < -0.4 is 11.3 Å². The number of aromatic nitrogens is 2. The minimum absolute atomic E-state index is 0. The Morgan fingerprint density at radius 3 is 2.92 bits per heavy atom. The van der Waals surface area contributed by atoms with Crippen molar-refractivity contribution in [3.63, 3.8) is 0 Å². The first-order valence-corrected chi connectivity index (χ1v) is 8.05. The fraction of sp³-hybridized carbons (Fsp3) is 0.471. The van der Waals surface area contributed by atoms with E-state index in [2.05, 4.69) is 16.0 Å². The average molecular weight is 364 g/mol. The number of rotatable bonds is 3. The zero-order valence-electron chi connectivity index (χ0n) is 14.1. The second-order valence-electron chi connectivity index (χ2n) is 6.30. The molecule has 1 aliphatic rings. The van der Waals surface area contributed by atoms with Crippen LogP contribution in [0.3, 0.4) is 0 Å². The van der Waals surface area contributed by atoms with Gasteiger partial charge < -0.3 is 20.3 Å². The Kier molecular flexibility index (Phi) is 6.14. The number of nitrogens with zero attached hydrogens (tertiary/aromatic N) is 4. The van der Waals surface area contributed by atoms with Crippen molar-refractivity contribution >= 4 is 23.4 Å². The molecule has 8 heteroatoms. The maximum absolute atomic E-state index is 12.0. The molecular formula is C17H22ClN5O2. The molecule has 7 nitrogen and oxygen atoms in total. The van der Waals surface area contributed by atoms with E-state index in [1.807, 2.05) is 0 Å². The van der Waals surface area contributed by atoms with Gasteiger partial charge in [-0.05, 0) is 31.0 Å². The Morgan fingerprint density at radius 1 is 1.48 bits per heavy atom. The number of fused-ring (bicyclic) bond motifs is 1. The maximum atomic E-state index is 12.0. The summed E-state index contributed by atoms with van der Waals surface area (Å²) in [7, 11) is 1.70. The van der Waals surface area contributed by atoms with Crippen LogP contribution in [0.25, 0.3) is 11.0 Å². The predicted octanol–water partition coefficient (Wildman–Crippen LogP) is 0.163. The van der Waals surface area contributed by atoms with Crippen LogP contribution in [0.2, 0.25) is 0 Å². The summed E-state index contributed by atoms with van der Waals surface area (Å²) >= 11 is 0. The number of aliphatic hydroxyl groups is 1. The normalized spacial score (nSPS) is 20.9. The third-order valence-corrected chi connectivity index (χ3v) is 4.75. The average Bonchev–Trinajstić information content (AvgIpc) is 2.58. The van der Waals surface area contributed by atoms with Crippen molar-refractivity contribution in [3.8, 4) is 6.07 Å². The molecule has 0 spiro atoms. The Hall–Kier alpha value is -1.98. The molecule has 1 saturated heterocycles. The Bertz CT molecular complexity index is 860. The third-order valence-electron chi connectivity index (χ3n) is 4.75. The highest BCUT2D eigenvalue weighted by molar-refractivity contribution is 5.85. The predicted molar refractivity (Wildman–Crippen MR) is 97.7 cm³/mol. The van der Waals surface area contributed by atoms with Crippen LogP contribution in [-0.4, -0.2) is 51.3 Å². The SMILES string of the molecule is Cl.Cn1c(=O)ccc2ncc(C#N)c(CCN3CC[C@H](N)[C@H](O)C3)c21. The highest BCUT2D eigenvalue weighted by Crippen LogP contribution is 2.20. The van der Waals surface area contributed by atoms with Crippen molar-refractivity contribution < 1.29 is 5.11 Å². The molecule has 3 N–H and O–H groups in total. The number of aliphatic hydroxyl groups excluding tert-OH is 1. The first-order chi connectivity index (χ1) is 11.5. The van der Waals surface area contributed by atoms with E-state index in [0.717, 1.165) is 18.5 Å². The summed E-state index contributed by atoms with van der Waals surface area (Å²) in [5.41, 5.74) is 8.43. The van der Waals surface area contributed by atoms with Gasteiger partial charge in [-0.3, -0.25) is 9.78 Å². The molecular weight excluding hydrogens is 342 g/mol. The Morgan fingerprint density at radius 2 is 2.24 bits per heavy atom. The number of likely N-dealkylation sites (tertiary alicyclic amines) is 1. The number of halogens is 1. The summed E-state index contributed by atoms with van der Waals surface area (Å²) in [5.74, 6) is 0. The third kappa shape index (κ3) is 3.83. The van der Waals surface area contributed by atoms with E-state index in [1.165, 1.54) is 6.07 Å². The van der Waals surface area contributed by atoms with Crippen molar-refractivity contribution in [3.05, 3.63) is 39.8 Å². The largest absolute Gasteiger partial charge is 0.390 e. The van der Waals surface area contributed by atoms with Gasteiger partial charge in [0.1, 0.15) is 6.07 Å². The Labute approximate surface area is 152 Å². The van der Waals surface area contributed by atoms with Gasteiger partial charge in [0.25, 0.3) is 5.56 Å². The standard InChI is InChI=1S/C17H21N5O2.ClH/c1-21-16(24)3-2-14-17(21)12(11(8-18)9-20-14)4-6-22-7-5-13(19)15(23)10-22;/h2-3,9,13,15,23H,4-7,10,19H2,1H3;1H/t13-,15+;/m0./s1. The van der Waals surface area contributed by atoms with Gasteiger partial charge in [0.2, 0.25) is 0 Å². The summed E-state index contributed by atoms with van der Waals surface area (Å²) in [5, 5.41) is 19.3. The fourth-order valence-electron chi connectivity index (χ4n) is 3.26. The van der Waals surface area contributed by atoms with Gasteiger partial charge in [-0.25, -0.2) is 0 Å². The summed E-state index contributed by atoms with van der Waals surface area (Å²) in [4.78, 5) is 18.4. The molecule has 2 aromatic heterocycles. The van der Waals surface area contributed by atoms with Crippen LogP contribution in [0.15, 0.2) is 23.1 Å². The minimum Gasteiger partial charge on any atom is -0.390 e. The summed E-state index contributed by atoms with van der Waals surface area (Å²) < 4.78 is 1.54. The number of nitrogens with two attached hydrogens (primary N) is 1. The lowest BCUT2D eigenvalue weighted by Gasteiger charge is -2.34. The van der Waals surface area contributed by atoms with E-state index < -0.39 is 6.10 Å². The topological polar surface area (TPSA) is 108 Å². The molecule has 1 aliphatic heterocycles. The minimum atomic E-state index is -0.521. The number of β-amino-alcohol motifs (C(OH)–C–C–N with tert-alkyl or cyclic N) is 1. The van der Waals surface area contributed by atoms with Gasteiger partial charge >= 0.3 is 0 Å². The van der Waals surface area contributed by atoms with Crippen molar-refractivity contribution in [2.45, 2.75) is 25.0 Å². The van der Waals surface area contributed by atoms with E-state index in [4.69, 9.17) is 5.73 Å². The highest BCUT2D eigenvalue weighted by Gasteiger charge is 2.24. The fourth-order valence-corrected chi connectivity index (χ4v) is 3.26. The number of hydrogen-bond donors (Lipinski definition) is 2. The van der Waals surface area contributed by atoms with Gasteiger partial charge in [-0.15, -0.1) is 12.4 Å². The van der Waals surface area contributed by atoms with Gasteiger partial charge in [0, 0.05) is 38.4 Å². The molecule has 2 atom stereocenters. The summed E-state index contributed by atoms with van der Waals surface area (Å²) in [6.45, 7) is 2.05. The molecule has 0 radical (unpaired) electrons. The summed E-state index contributed by atoms with van der Waals surface area (Å²) in [6, 6.07) is 5.17. The van der Waals surface area contributed by atoms with Gasteiger partial charge in [0.05, 0.1) is 22.7 Å². The zero-order chi connectivity index (χ0) is 17.3. The van der Waals surface area contributed by atoms with E-state index in [1.54, 1.807) is 23.9 Å². The molecule has 0 bridgehead atoms. The van der Waals surface area contributed by atoms with E-state index in [0.29, 0.717) is 36.1 Å². The van der Waals surface area contributed by atoms with E-state index in [-0.39, 0.29) is 24.0 Å². The molecule has 0 amide bonds. The molecule has 0 unspecified atom stereocenters. The molecule has 0 aliphatic carbocycles. The van der Waals surface area contributed by atoms with Crippen LogP contribution in [-0.2, 0) is 13.5 Å². The van der Waals surface area contributed by atoms with Crippen molar-refractivity contribution in [2.75, 3.05) is 19.6 Å². The molecule has 0 saturated carbocycles. The second-order valence-corrected chi connectivity index (χ2v) is 6.30. The first-order valence-electron chi connectivity index (χ1n) is 8.05. The van der Waals surface area contributed by atoms with Crippen LogP contribution in [0, 0.1) is 11.3 Å². The molecule has 0 aromatic carbocycles. The Balaban J connectivity index is 0.00000225. The highest BCUT2D eigenvalue weighted by atomic mass is 35.5. The smallest absolute Gasteiger partial charge is 0.250 e. The first kappa shape index (κ1) is 19.3. The van der Waals surface area contributed by atoms with Gasteiger partial charge in [-0.1, -0.05) is 0 Å². The van der Waals surface area contributed by atoms with E-state index in [9.17, 15) is 15.2 Å². The van der Waals surface area contributed by atoms with Crippen LogP contribution >= 0.6 is 12.4 Å². The maximum Gasteiger partial charge on any atom is 0.250 e. The molecule has 1 fully saturated rings. The van der Waals surface area contributed by atoms with Crippen molar-refractivity contribution in [2.24, 2.45) is 12.8 Å². The number of piperidine rings is 1. The number of hydrogen-bond acceptors (Lipinski definition) is 6. The van der Waals surface area contributed by atoms with Crippen molar-refractivity contribution in [1.82, 2.24) is 14.5 Å². The molecule has 3 heterocycles. The van der Waals surface area contributed by atoms with Crippen molar-refractivity contribution in [1.29, 1.82) is 5.26 Å². The monoisotopic (exact) mass is 363 g/mol. The zero-order valence-corrected chi connectivity index (χ0v) is 14.9. The number of nitriles is 1. The second kappa shape index (κ2) is 7.93. The molecule has 3 rings (SSSR count).